The molecule has 2 N–H and O–H groups in total. The molecule has 11 heteroatoms. The van der Waals surface area contributed by atoms with Gasteiger partial charge in [-0.3, -0.25) is 4.57 Å². The summed E-state index contributed by atoms with van der Waals surface area (Å²) < 4.78 is 8.99. The van der Waals surface area contributed by atoms with E-state index in [0.29, 0.717) is 36.4 Å². The van der Waals surface area contributed by atoms with Crippen molar-refractivity contribution in [1.29, 1.82) is 5.26 Å². The van der Waals surface area contributed by atoms with Crippen molar-refractivity contribution in [2.45, 2.75) is 18.9 Å². The van der Waals surface area contributed by atoms with Crippen LogP contribution in [0.25, 0.3) is 11.3 Å². The van der Waals surface area contributed by atoms with Crippen LogP contribution in [0.2, 0.25) is 0 Å². The van der Waals surface area contributed by atoms with Crippen LogP contribution in [0.5, 0.6) is 0 Å². The van der Waals surface area contributed by atoms with E-state index in [4.69, 9.17) is 4.74 Å². The van der Waals surface area contributed by atoms with Gasteiger partial charge in [0.05, 0.1) is 36.5 Å². The first-order valence-electron chi connectivity index (χ1n) is 10.9. The lowest BCUT2D eigenvalue weighted by Gasteiger charge is -2.30. The first-order valence-corrected chi connectivity index (χ1v) is 10.9. The van der Waals surface area contributed by atoms with E-state index in [1.807, 2.05) is 22.8 Å². The van der Waals surface area contributed by atoms with Crippen LogP contribution in [0.4, 0.5) is 22.9 Å². The number of benzene rings is 1. The summed E-state index contributed by atoms with van der Waals surface area (Å²) in [5, 5.41) is 28.9. The van der Waals surface area contributed by atoms with Gasteiger partial charge in [0.1, 0.15) is 18.7 Å². The molecular formula is C22H22N10O. The fourth-order valence-electron chi connectivity index (χ4n) is 4.01. The van der Waals surface area contributed by atoms with Crippen LogP contribution in [-0.2, 0) is 4.74 Å². The molecule has 166 valence electrons. The summed E-state index contributed by atoms with van der Waals surface area (Å²) in [6, 6.07) is 10.7. The summed E-state index contributed by atoms with van der Waals surface area (Å²) in [5.41, 5.74) is 4.81. The van der Waals surface area contributed by atoms with Gasteiger partial charge in [-0.2, -0.15) is 9.78 Å². The number of fused-ring (bicyclic) bond motifs is 1. The predicted octanol–water partition coefficient (Wildman–Crippen LogP) is 2.34. The molecule has 0 bridgehead atoms. The van der Waals surface area contributed by atoms with Crippen molar-refractivity contribution < 1.29 is 4.74 Å². The Bertz CT molecular complexity index is 1330. The molecular weight excluding hydrogens is 420 g/mol. The third-order valence-electron chi connectivity index (χ3n) is 5.82. The molecule has 0 radical (unpaired) electrons. The van der Waals surface area contributed by atoms with Gasteiger partial charge in [-0.15, -0.1) is 15.3 Å². The molecule has 0 unspecified atom stereocenters. The summed E-state index contributed by atoms with van der Waals surface area (Å²) in [4.78, 5) is 6.69. The Morgan fingerprint density at radius 2 is 1.88 bits per heavy atom. The van der Waals surface area contributed by atoms with Gasteiger partial charge in [-0.1, -0.05) is 0 Å². The van der Waals surface area contributed by atoms with Gasteiger partial charge in [0.15, 0.2) is 17.2 Å². The number of nitriles is 1. The number of hydrogen-bond acceptors (Lipinski definition) is 9. The molecule has 1 saturated carbocycles. The van der Waals surface area contributed by atoms with Gasteiger partial charge in [0.25, 0.3) is 0 Å². The van der Waals surface area contributed by atoms with Crippen molar-refractivity contribution in [2.24, 2.45) is 0 Å². The van der Waals surface area contributed by atoms with Crippen LogP contribution in [0.1, 0.15) is 18.5 Å². The second-order valence-corrected chi connectivity index (χ2v) is 8.15. The fourth-order valence-corrected chi connectivity index (χ4v) is 4.01. The molecule has 2 aliphatic rings. The number of morpholine rings is 1. The first-order chi connectivity index (χ1) is 16.3. The highest BCUT2D eigenvalue weighted by molar-refractivity contribution is 5.75. The summed E-state index contributed by atoms with van der Waals surface area (Å²) in [7, 11) is 0. The summed E-state index contributed by atoms with van der Waals surface area (Å²) >= 11 is 0. The van der Waals surface area contributed by atoms with Crippen molar-refractivity contribution in [2.75, 3.05) is 41.8 Å². The molecule has 1 aliphatic heterocycles. The second-order valence-electron chi connectivity index (χ2n) is 8.15. The topological polar surface area (TPSA) is 121 Å². The van der Waals surface area contributed by atoms with Crippen LogP contribution in [0.15, 0.2) is 43.1 Å². The molecule has 1 aliphatic carbocycles. The van der Waals surface area contributed by atoms with Gasteiger partial charge in [0, 0.05) is 30.9 Å². The van der Waals surface area contributed by atoms with Gasteiger partial charge in [-0.05, 0) is 31.0 Å². The summed E-state index contributed by atoms with van der Waals surface area (Å²) in [6.07, 6.45) is 7.19. The number of anilines is 4. The summed E-state index contributed by atoms with van der Waals surface area (Å²) in [5.74, 6) is 0.619. The average molecular weight is 442 g/mol. The van der Waals surface area contributed by atoms with E-state index < -0.39 is 0 Å². The second kappa shape index (κ2) is 8.07. The van der Waals surface area contributed by atoms with E-state index >= 15 is 0 Å². The normalized spacial score (nSPS) is 16.0. The largest absolute Gasteiger partial charge is 0.379 e. The third-order valence-corrected chi connectivity index (χ3v) is 5.82. The molecule has 0 spiro atoms. The monoisotopic (exact) mass is 442 g/mol. The van der Waals surface area contributed by atoms with Crippen LogP contribution >= 0.6 is 0 Å². The molecule has 2 fully saturated rings. The number of rotatable bonds is 6. The standard InChI is InChI=1S/C22H22N10O/c23-11-17-12-24-22-18(27-15-1-2-15)10-21(29-32(17)22)28-16-3-4-19(30-5-7-33-8-6-30)20(9-16)31-13-25-26-14-31/h3-4,9-10,12-15,27H,1-2,5-8H2,(H,28,29). The molecule has 11 nitrogen and oxygen atoms in total. The highest BCUT2D eigenvalue weighted by Gasteiger charge is 2.23. The first kappa shape index (κ1) is 19.5. The minimum atomic E-state index is 0.389. The van der Waals surface area contributed by atoms with E-state index in [1.165, 1.54) is 0 Å². The van der Waals surface area contributed by atoms with Gasteiger partial charge in [-0.25, -0.2) is 4.98 Å². The molecule has 33 heavy (non-hydrogen) atoms. The van der Waals surface area contributed by atoms with Gasteiger partial charge < -0.3 is 20.3 Å². The van der Waals surface area contributed by atoms with E-state index in [-0.39, 0.29) is 0 Å². The SMILES string of the molecule is N#Cc1cnc2c(NC3CC3)cc(Nc3ccc(N4CCOCC4)c(-n4cnnc4)c3)nn12. The van der Waals surface area contributed by atoms with Crippen molar-refractivity contribution in [3.05, 3.63) is 48.8 Å². The zero-order valence-corrected chi connectivity index (χ0v) is 17.8. The lowest BCUT2D eigenvalue weighted by atomic mass is 10.2. The maximum Gasteiger partial charge on any atom is 0.178 e. The predicted molar refractivity (Wildman–Crippen MR) is 122 cm³/mol. The van der Waals surface area contributed by atoms with Gasteiger partial charge in [0.2, 0.25) is 0 Å². The van der Waals surface area contributed by atoms with Crippen molar-refractivity contribution in [1.82, 2.24) is 29.4 Å². The zero-order chi connectivity index (χ0) is 22.2. The number of aromatic nitrogens is 6. The Morgan fingerprint density at radius 1 is 1.06 bits per heavy atom. The molecule has 4 aromatic rings. The van der Waals surface area contributed by atoms with E-state index in [0.717, 1.165) is 48.7 Å². The molecule has 6 rings (SSSR count). The Morgan fingerprint density at radius 3 is 2.64 bits per heavy atom. The smallest absolute Gasteiger partial charge is 0.178 e. The van der Waals surface area contributed by atoms with Gasteiger partial charge >= 0.3 is 0 Å². The van der Waals surface area contributed by atoms with E-state index in [1.54, 1.807) is 23.4 Å². The quantitative estimate of drug-likeness (QED) is 0.463. The minimum Gasteiger partial charge on any atom is -0.379 e. The molecule has 3 aromatic heterocycles. The zero-order valence-electron chi connectivity index (χ0n) is 17.8. The maximum absolute atomic E-state index is 9.47. The average Bonchev–Trinajstić information content (AvgIpc) is 3.32. The van der Waals surface area contributed by atoms with Crippen LogP contribution in [0.3, 0.4) is 0 Å². The Kier molecular flexibility index (Phi) is 4.77. The molecule has 0 atom stereocenters. The minimum absolute atomic E-state index is 0.389. The van der Waals surface area contributed by atoms with Crippen molar-refractivity contribution >= 4 is 28.5 Å². The number of imidazole rings is 1. The number of nitrogens with zero attached hydrogens (tertiary/aromatic N) is 8. The van der Waals surface area contributed by atoms with Crippen LogP contribution in [-0.4, -0.2) is 61.7 Å². The van der Waals surface area contributed by atoms with Crippen LogP contribution < -0.4 is 15.5 Å². The molecule has 1 saturated heterocycles. The Balaban J connectivity index is 1.38. The van der Waals surface area contributed by atoms with Crippen LogP contribution in [0, 0.1) is 11.3 Å². The third kappa shape index (κ3) is 3.81. The Labute approximate surface area is 189 Å². The highest BCUT2D eigenvalue weighted by Crippen LogP contribution is 2.32. The lowest BCUT2D eigenvalue weighted by molar-refractivity contribution is 0.122. The molecule has 1 aromatic carbocycles. The number of hydrogen-bond donors (Lipinski definition) is 2. The van der Waals surface area contributed by atoms with Crippen molar-refractivity contribution in [3.8, 4) is 11.8 Å². The van der Waals surface area contributed by atoms with E-state index in [2.05, 4.69) is 47.9 Å². The van der Waals surface area contributed by atoms with E-state index in [9.17, 15) is 5.26 Å². The Hall–Kier alpha value is -4.17. The highest BCUT2D eigenvalue weighted by atomic mass is 16.5. The molecule has 4 heterocycles. The molecule has 0 amide bonds. The number of nitrogens with one attached hydrogen (secondary N) is 2. The fraction of sp³-hybridized carbons (Fsp3) is 0.318. The lowest BCUT2D eigenvalue weighted by Crippen LogP contribution is -2.36. The van der Waals surface area contributed by atoms with Crippen molar-refractivity contribution in [3.63, 3.8) is 0 Å². The number of ether oxygens (including phenoxy) is 1. The maximum atomic E-state index is 9.47. The summed E-state index contributed by atoms with van der Waals surface area (Å²) in [6.45, 7) is 3.06.